The van der Waals surface area contributed by atoms with Gasteiger partial charge in [-0.05, 0) is 31.0 Å². The van der Waals surface area contributed by atoms with Crippen LogP contribution in [0.5, 0.6) is 0 Å². The molecule has 1 fully saturated rings. The summed E-state index contributed by atoms with van der Waals surface area (Å²) in [7, 11) is -3.12. The summed E-state index contributed by atoms with van der Waals surface area (Å²) < 4.78 is 35.8. The first-order valence-electron chi connectivity index (χ1n) is 9.61. The van der Waals surface area contributed by atoms with Crippen molar-refractivity contribution in [3.05, 3.63) is 42.1 Å². The zero-order valence-corrected chi connectivity index (χ0v) is 17.1. The minimum absolute atomic E-state index is 0.00325. The number of hydrogen-bond acceptors (Lipinski definition) is 7. The van der Waals surface area contributed by atoms with E-state index < -0.39 is 28.3 Å². The van der Waals surface area contributed by atoms with E-state index in [9.17, 15) is 18.0 Å². The molecule has 1 saturated heterocycles. The molecule has 2 aromatic heterocycles. The zero-order chi connectivity index (χ0) is 20.9. The molecule has 1 aliphatic rings. The molecule has 0 bridgehead atoms. The summed E-state index contributed by atoms with van der Waals surface area (Å²) in [6.07, 6.45) is 5.46. The highest BCUT2D eigenvalue weighted by atomic mass is 32.2. The van der Waals surface area contributed by atoms with Gasteiger partial charge in [0.15, 0.2) is 16.4 Å². The van der Waals surface area contributed by atoms with E-state index in [2.05, 4.69) is 5.10 Å². The molecular formula is C19H25N3O6S. The van der Waals surface area contributed by atoms with Crippen LogP contribution in [0.3, 0.4) is 0 Å². The number of furan rings is 1. The molecule has 2 aromatic rings. The van der Waals surface area contributed by atoms with E-state index in [0.717, 1.165) is 12.8 Å². The lowest BCUT2D eigenvalue weighted by Gasteiger charge is -2.28. The van der Waals surface area contributed by atoms with E-state index in [1.165, 1.54) is 11.0 Å². The molecule has 0 aromatic carbocycles. The van der Waals surface area contributed by atoms with Crippen molar-refractivity contribution in [2.75, 3.05) is 24.7 Å². The number of ether oxygens (including phenoxy) is 1. The average molecular weight is 423 g/mol. The van der Waals surface area contributed by atoms with Crippen molar-refractivity contribution in [1.82, 2.24) is 14.7 Å². The minimum atomic E-state index is -3.12. The van der Waals surface area contributed by atoms with Gasteiger partial charge in [0.2, 0.25) is 5.76 Å². The molecule has 0 saturated carbocycles. The second-order valence-electron chi connectivity index (χ2n) is 7.04. The van der Waals surface area contributed by atoms with E-state index in [0.29, 0.717) is 25.3 Å². The van der Waals surface area contributed by atoms with Crippen molar-refractivity contribution in [3.63, 3.8) is 0 Å². The summed E-state index contributed by atoms with van der Waals surface area (Å²) in [5.41, 5.74) is 0. The van der Waals surface area contributed by atoms with Crippen molar-refractivity contribution in [1.29, 1.82) is 0 Å². The quantitative estimate of drug-likeness (QED) is 0.562. The monoisotopic (exact) mass is 423 g/mol. The summed E-state index contributed by atoms with van der Waals surface area (Å²) >= 11 is 0. The van der Waals surface area contributed by atoms with Gasteiger partial charge in [0.1, 0.15) is 5.76 Å². The Labute approximate surface area is 169 Å². The molecule has 10 heteroatoms. The molecule has 0 aliphatic carbocycles. The second kappa shape index (κ2) is 9.25. The van der Waals surface area contributed by atoms with Gasteiger partial charge in [-0.1, -0.05) is 13.3 Å². The fraction of sp³-hybridized carbons (Fsp3) is 0.526. The van der Waals surface area contributed by atoms with Crippen LogP contribution in [0.2, 0.25) is 0 Å². The van der Waals surface area contributed by atoms with Crippen LogP contribution in [-0.4, -0.2) is 65.7 Å². The lowest BCUT2D eigenvalue weighted by atomic mass is 10.2. The summed E-state index contributed by atoms with van der Waals surface area (Å²) in [6.45, 7) is 2.36. The van der Waals surface area contributed by atoms with Gasteiger partial charge in [0.25, 0.3) is 5.91 Å². The highest BCUT2D eigenvalue weighted by Gasteiger charge is 2.34. The molecule has 1 aliphatic heterocycles. The lowest BCUT2D eigenvalue weighted by molar-refractivity contribution is -0.136. The topological polar surface area (TPSA) is 112 Å². The molecule has 158 valence electrons. The number of rotatable bonds is 9. The summed E-state index contributed by atoms with van der Waals surface area (Å²) in [6, 6.07) is 4.56. The van der Waals surface area contributed by atoms with Crippen molar-refractivity contribution >= 4 is 21.7 Å². The van der Waals surface area contributed by atoms with Gasteiger partial charge in [-0.25, -0.2) is 13.2 Å². The number of aromatic nitrogens is 2. The highest BCUT2D eigenvalue weighted by molar-refractivity contribution is 7.91. The number of esters is 1. The Morgan fingerprint density at radius 2 is 2.21 bits per heavy atom. The third kappa shape index (κ3) is 5.69. The SMILES string of the molecule is CCCCN(C(=O)COC(=O)c1ccc(Cn2cccn2)o1)C1CCS(=O)(=O)C1. The number of carbonyl (C=O) groups excluding carboxylic acids is 2. The molecule has 1 amide bonds. The maximum Gasteiger partial charge on any atom is 0.374 e. The Hall–Kier alpha value is -2.62. The van der Waals surface area contributed by atoms with Crippen LogP contribution in [-0.2, 0) is 25.9 Å². The van der Waals surface area contributed by atoms with Crippen LogP contribution in [0.25, 0.3) is 0 Å². The molecule has 29 heavy (non-hydrogen) atoms. The Morgan fingerprint density at radius 3 is 2.86 bits per heavy atom. The number of carbonyl (C=O) groups is 2. The molecular weight excluding hydrogens is 398 g/mol. The third-order valence-electron chi connectivity index (χ3n) is 4.79. The van der Waals surface area contributed by atoms with Gasteiger partial charge in [-0.15, -0.1) is 0 Å². The first-order valence-corrected chi connectivity index (χ1v) is 11.4. The minimum Gasteiger partial charge on any atom is -0.452 e. The van der Waals surface area contributed by atoms with Crippen LogP contribution < -0.4 is 0 Å². The lowest BCUT2D eigenvalue weighted by Crippen LogP contribution is -2.43. The van der Waals surface area contributed by atoms with Crippen molar-refractivity contribution in [2.45, 2.75) is 38.8 Å². The van der Waals surface area contributed by atoms with Gasteiger partial charge >= 0.3 is 5.97 Å². The van der Waals surface area contributed by atoms with Gasteiger partial charge in [0, 0.05) is 25.0 Å². The van der Waals surface area contributed by atoms with Crippen LogP contribution in [0, 0.1) is 0 Å². The van der Waals surface area contributed by atoms with Crippen molar-refractivity contribution < 1.29 is 27.2 Å². The standard InChI is InChI=1S/C19H25N3O6S/c1-2-3-10-22(15-7-11-29(25,26)14-15)18(23)13-27-19(24)17-6-5-16(28-17)12-21-9-4-8-20-21/h4-6,8-9,15H,2-3,7,10-14H2,1H3. The smallest absolute Gasteiger partial charge is 0.374 e. The molecule has 3 rings (SSSR count). The number of unbranched alkanes of at least 4 members (excludes halogenated alkanes) is 1. The maximum atomic E-state index is 12.6. The summed E-state index contributed by atoms with van der Waals surface area (Å²) in [5.74, 6) is -0.544. The van der Waals surface area contributed by atoms with E-state index in [1.54, 1.807) is 29.2 Å². The Kier molecular flexibility index (Phi) is 6.73. The molecule has 1 atom stereocenters. The summed E-state index contributed by atoms with van der Waals surface area (Å²) in [4.78, 5) is 26.4. The largest absolute Gasteiger partial charge is 0.452 e. The third-order valence-corrected chi connectivity index (χ3v) is 6.54. The predicted octanol–water partition coefficient (Wildman–Crippen LogP) is 1.50. The number of sulfone groups is 1. The number of amides is 1. The predicted molar refractivity (Wildman–Crippen MR) is 104 cm³/mol. The fourth-order valence-corrected chi connectivity index (χ4v) is 5.00. The van der Waals surface area contributed by atoms with Crippen LogP contribution >= 0.6 is 0 Å². The molecule has 0 spiro atoms. The van der Waals surface area contributed by atoms with E-state index in [1.807, 2.05) is 6.92 Å². The van der Waals surface area contributed by atoms with Crippen LogP contribution in [0.4, 0.5) is 0 Å². The average Bonchev–Trinajstić information content (AvgIpc) is 3.42. The molecule has 0 radical (unpaired) electrons. The molecule has 9 nitrogen and oxygen atoms in total. The van der Waals surface area contributed by atoms with Crippen molar-refractivity contribution in [2.24, 2.45) is 0 Å². The molecule has 0 N–H and O–H groups in total. The Balaban J connectivity index is 1.56. The maximum absolute atomic E-state index is 12.6. The van der Waals surface area contributed by atoms with Crippen LogP contribution in [0.1, 0.15) is 42.5 Å². The first-order chi connectivity index (χ1) is 13.9. The Morgan fingerprint density at radius 1 is 1.38 bits per heavy atom. The van der Waals surface area contributed by atoms with Gasteiger partial charge in [0.05, 0.1) is 18.1 Å². The fourth-order valence-electron chi connectivity index (χ4n) is 3.27. The van der Waals surface area contributed by atoms with E-state index >= 15 is 0 Å². The molecule has 1 unspecified atom stereocenters. The summed E-state index contributed by atoms with van der Waals surface area (Å²) in [5, 5.41) is 4.06. The van der Waals surface area contributed by atoms with Gasteiger partial charge in [-0.3, -0.25) is 9.48 Å². The molecule has 3 heterocycles. The van der Waals surface area contributed by atoms with Crippen molar-refractivity contribution in [3.8, 4) is 0 Å². The zero-order valence-electron chi connectivity index (χ0n) is 16.3. The Bertz CT molecular complexity index is 935. The van der Waals surface area contributed by atoms with Gasteiger partial charge in [-0.2, -0.15) is 5.10 Å². The van der Waals surface area contributed by atoms with E-state index in [4.69, 9.17) is 9.15 Å². The highest BCUT2D eigenvalue weighted by Crippen LogP contribution is 2.19. The number of hydrogen-bond donors (Lipinski definition) is 0. The van der Waals surface area contributed by atoms with Crippen LogP contribution in [0.15, 0.2) is 35.0 Å². The number of nitrogens with zero attached hydrogens (tertiary/aromatic N) is 3. The van der Waals surface area contributed by atoms with E-state index in [-0.39, 0.29) is 23.3 Å². The second-order valence-corrected chi connectivity index (χ2v) is 9.27. The normalized spacial score (nSPS) is 17.9. The first kappa shape index (κ1) is 21.1. The van der Waals surface area contributed by atoms with Gasteiger partial charge < -0.3 is 14.1 Å².